The van der Waals surface area contributed by atoms with Crippen molar-refractivity contribution in [2.24, 2.45) is 0 Å². The summed E-state index contributed by atoms with van der Waals surface area (Å²) in [6.07, 6.45) is 1.08. The van der Waals surface area contributed by atoms with E-state index in [0.717, 1.165) is 23.0 Å². The lowest BCUT2D eigenvalue weighted by Crippen LogP contribution is -2.19. The largest absolute Gasteiger partial charge is 0.508 e. The smallest absolute Gasteiger partial charge is 0.269 e. The van der Waals surface area contributed by atoms with Crippen molar-refractivity contribution in [3.8, 4) is 22.9 Å². The van der Waals surface area contributed by atoms with E-state index < -0.39 is 17.1 Å². The summed E-state index contributed by atoms with van der Waals surface area (Å²) >= 11 is 0. The molecule has 1 aromatic heterocycles. The zero-order valence-corrected chi connectivity index (χ0v) is 10.5. The lowest BCUT2D eigenvalue weighted by molar-refractivity contribution is 0.454. The van der Waals surface area contributed by atoms with Crippen LogP contribution in [-0.2, 0) is 0 Å². The Morgan fingerprint density at radius 2 is 1.81 bits per heavy atom. The fourth-order valence-corrected chi connectivity index (χ4v) is 2.07. The number of aromatic hydroxyl groups is 3. The van der Waals surface area contributed by atoms with Gasteiger partial charge in [-0.1, -0.05) is 0 Å². The van der Waals surface area contributed by atoms with E-state index in [9.17, 15) is 24.5 Å². The van der Waals surface area contributed by atoms with Crippen molar-refractivity contribution < 1.29 is 19.7 Å². The molecule has 0 spiro atoms. The van der Waals surface area contributed by atoms with Crippen LogP contribution in [0.25, 0.3) is 16.6 Å². The van der Waals surface area contributed by atoms with Gasteiger partial charge >= 0.3 is 0 Å². The lowest BCUT2D eigenvalue weighted by Gasteiger charge is -2.09. The van der Waals surface area contributed by atoms with Gasteiger partial charge in [0.1, 0.15) is 29.0 Å². The van der Waals surface area contributed by atoms with Gasteiger partial charge in [-0.2, -0.15) is 0 Å². The first-order chi connectivity index (χ1) is 9.97. The number of halogens is 1. The molecular formula is C14H9FN2O4. The third kappa shape index (κ3) is 2.04. The van der Waals surface area contributed by atoms with Crippen molar-refractivity contribution in [1.29, 1.82) is 0 Å². The number of phenols is 3. The second-order valence-corrected chi connectivity index (χ2v) is 4.41. The molecule has 106 valence electrons. The molecule has 0 aliphatic carbocycles. The van der Waals surface area contributed by atoms with Crippen LogP contribution in [0.4, 0.5) is 4.39 Å². The van der Waals surface area contributed by atoms with E-state index in [0.29, 0.717) is 0 Å². The third-order valence-electron chi connectivity index (χ3n) is 3.02. The summed E-state index contributed by atoms with van der Waals surface area (Å²) in [5.41, 5.74) is -0.713. The molecule has 0 fully saturated rings. The molecule has 0 atom stereocenters. The molecule has 21 heavy (non-hydrogen) atoms. The summed E-state index contributed by atoms with van der Waals surface area (Å²) in [4.78, 5) is 16.3. The average molecular weight is 288 g/mol. The summed E-state index contributed by atoms with van der Waals surface area (Å²) in [7, 11) is 0. The van der Waals surface area contributed by atoms with Crippen LogP contribution in [-0.4, -0.2) is 24.9 Å². The first-order valence-corrected chi connectivity index (χ1v) is 5.89. The zero-order chi connectivity index (χ0) is 15.1. The van der Waals surface area contributed by atoms with Crippen LogP contribution in [0.3, 0.4) is 0 Å². The van der Waals surface area contributed by atoms with E-state index in [4.69, 9.17) is 0 Å². The number of hydrogen-bond acceptors (Lipinski definition) is 5. The Labute approximate surface area is 117 Å². The van der Waals surface area contributed by atoms with Gasteiger partial charge in [-0.3, -0.25) is 9.36 Å². The molecule has 0 bridgehead atoms. The Bertz CT molecular complexity index is 921. The summed E-state index contributed by atoms with van der Waals surface area (Å²) in [6.45, 7) is 0. The predicted octanol–water partition coefficient (Wildman–Crippen LogP) is 1.64. The van der Waals surface area contributed by atoms with E-state index in [2.05, 4.69) is 4.98 Å². The van der Waals surface area contributed by atoms with Gasteiger partial charge in [0.2, 0.25) is 0 Å². The highest BCUT2D eigenvalue weighted by atomic mass is 19.1. The van der Waals surface area contributed by atoms with Crippen molar-refractivity contribution in [2.45, 2.75) is 0 Å². The molecule has 0 unspecified atom stereocenters. The molecular weight excluding hydrogens is 279 g/mol. The number of aromatic nitrogens is 2. The summed E-state index contributed by atoms with van der Waals surface area (Å²) in [5, 5.41) is 28.2. The van der Waals surface area contributed by atoms with Gasteiger partial charge in [0.25, 0.3) is 5.56 Å². The highest BCUT2D eigenvalue weighted by Crippen LogP contribution is 2.26. The summed E-state index contributed by atoms with van der Waals surface area (Å²) < 4.78 is 14.7. The van der Waals surface area contributed by atoms with Crippen LogP contribution < -0.4 is 5.56 Å². The molecule has 0 saturated heterocycles. The van der Waals surface area contributed by atoms with Crippen LogP contribution in [0.5, 0.6) is 17.2 Å². The van der Waals surface area contributed by atoms with Crippen molar-refractivity contribution in [2.75, 3.05) is 0 Å². The maximum absolute atomic E-state index is 13.8. The minimum atomic E-state index is -0.809. The number of nitrogens with zero attached hydrogens (tertiary/aromatic N) is 2. The van der Waals surface area contributed by atoms with E-state index in [1.54, 1.807) is 0 Å². The van der Waals surface area contributed by atoms with Crippen LogP contribution in [0, 0.1) is 5.82 Å². The standard InChI is InChI=1S/C14H9FN2O4/c15-9-3-7(18)1-2-11(9)17-6-16-10-4-8(19)5-12(20)13(10)14(17)21/h1-6,18-20H. The van der Waals surface area contributed by atoms with Gasteiger partial charge in [0, 0.05) is 18.2 Å². The maximum atomic E-state index is 13.8. The molecule has 0 radical (unpaired) electrons. The van der Waals surface area contributed by atoms with E-state index in [-0.39, 0.29) is 28.1 Å². The number of phenolic OH excluding ortho intramolecular Hbond substituents is 3. The van der Waals surface area contributed by atoms with Gasteiger partial charge in [0.15, 0.2) is 5.82 Å². The Balaban J connectivity index is 2.35. The predicted molar refractivity (Wildman–Crippen MR) is 72.3 cm³/mol. The van der Waals surface area contributed by atoms with Crippen LogP contribution >= 0.6 is 0 Å². The normalized spacial score (nSPS) is 10.9. The molecule has 0 aliphatic heterocycles. The fraction of sp³-hybridized carbons (Fsp3) is 0. The Kier molecular flexibility index (Phi) is 2.76. The van der Waals surface area contributed by atoms with Crippen molar-refractivity contribution in [3.05, 3.63) is 52.8 Å². The first-order valence-electron chi connectivity index (χ1n) is 5.89. The van der Waals surface area contributed by atoms with E-state index >= 15 is 0 Å². The third-order valence-corrected chi connectivity index (χ3v) is 3.02. The molecule has 6 nitrogen and oxygen atoms in total. The maximum Gasteiger partial charge on any atom is 0.269 e. The van der Waals surface area contributed by atoms with Crippen molar-refractivity contribution >= 4 is 10.9 Å². The Morgan fingerprint density at radius 1 is 1.05 bits per heavy atom. The van der Waals surface area contributed by atoms with Gasteiger partial charge in [-0.25, -0.2) is 9.37 Å². The molecule has 1 heterocycles. The average Bonchev–Trinajstić information content (AvgIpc) is 2.39. The minimum absolute atomic E-state index is 0.0907. The quantitative estimate of drug-likeness (QED) is 0.632. The molecule has 0 amide bonds. The summed E-state index contributed by atoms with van der Waals surface area (Å²) in [5.74, 6) is -1.76. The second-order valence-electron chi connectivity index (χ2n) is 4.41. The molecule has 7 heteroatoms. The lowest BCUT2D eigenvalue weighted by atomic mass is 10.2. The molecule has 3 N–H and O–H groups in total. The Morgan fingerprint density at radius 3 is 2.52 bits per heavy atom. The van der Waals surface area contributed by atoms with Crippen LogP contribution in [0.2, 0.25) is 0 Å². The Hall–Kier alpha value is -3.09. The summed E-state index contributed by atoms with van der Waals surface area (Å²) in [6, 6.07) is 5.53. The monoisotopic (exact) mass is 288 g/mol. The number of rotatable bonds is 1. The highest BCUT2D eigenvalue weighted by molar-refractivity contribution is 5.85. The van der Waals surface area contributed by atoms with Crippen molar-refractivity contribution in [3.63, 3.8) is 0 Å². The van der Waals surface area contributed by atoms with Crippen LogP contribution in [0.15, 0.2) is 41.5 Å². The second kappa shape index (κ2) is 4.48. The number of hydrogen-bond donors (Lipinski definition) is 3. The molecule has 0 saturated carbocycles. The molecule has 3 aromatic rings. The minimum Gasteiger partial charge on any atom is -0.508 e. The van der Waals surface area contributed by atoms with Gasteiger partial charge in [0.05, 0.1) is 11.2 Å². The molecule has 3 rings (SSSR count). The van der Waals surface area contributed by atoms with Gasteiger partial charge in [-0.15, -0.1) is 0 Å². The highest BCUT2D eigenvalue weighted by Gasteiger charge is 2.14. The zero-order valence-electron chi connectivity index (χ0n) is 10.5. The van der Waals surface area contributed by atoms with Crippen LogP contribution in [0.1, 0.15) is 0 Å². The topological polar surface area (TPSA) is 95.6 Å². The van der Waals surface area contributed by atoms with Crippen molar-refractivity contribution in [1.82, 2.24) is 9.55 Å². The van der Waals surface area contributed by atoms with E-state index in [1.807, 2.05) is 0 Å². The van der Waals surface area contributed by atoms with E-state index in [1.165, 1.54) is 18.2 Å². The molecule has 0 aliphatic rings. The fourth-order valence-electron chi connectivity index (χ4n) is 2.07. The van der Waals surface area contributed by atoms with Gasteiger partial charge in [-0.05, 0) is 12.1 Å². The van der Waals surface area contributed by atoms with Gasteiger partial charge < -0.3 is 15.3 Å². The molecule has 2 aromatic carbocycles. The number of fused-ring (bicyclic) bond motifs is 1. The first kappa shape index (κ1) is 12.9. The number of benzene rings is 2. The SMILES string of the molecule is O=c1c2c(O)cc(O)cc2ncn1-c1ccc(O)cc1F.